The molecule has 0 radical (unpaired) electrons. The molecular weight excluding hydrogens is 342 g/mol. The molecule has 0 aliphatic carbocycles. The highest BCUT2D eigenvalue weighted by Gasteiger charge is 2.13. The van der Waals surface area contributed by atoms with Gasteiger partial charge in [0.2, 0.25) is 11.1 Å². The zero-order chi connectivity index (χ0) is 13.9. The Labute approximate surface area is 126 Å². The summed E-state index contributed by atoms with van der Waals surface area (Å²) in [4.78, 5) is 8.05. The Bertz CT molecular complexity index is 731. The van der Waals surface area contributed by atoms with Gasteiger partial charge in [0.1, 0.15) is 5.03 Å². The van der Waals surface area contributed by atoms with Crippen LogP contribution in [0.2, 0.25) is 0 Å². The summed E-state index contributed by atoms with van der Waals surface area (Å²) in [5.41, 5.74) is 6.46. The van der Waals surface area contributed by atoms with Crippen molar-refractivity contribution < 1.29 is 0 Å². The van der Waals surface area contributed by atoms with Gasteiger partial charge in [-0.2, -0.15) is 4.68 Å². The number of para-hydroxylation sites is 1. The summed E-state index contributed by atoms with van der Waals surface area (Å²) in [6, 6.07) is 9.62. The SMILES string of the molecule is Nc1ncc(Br)c(Sc2nnnn2-c2ccccc2)n1. The van der Waals surface area contributed by atoms with Crippen molar-refractivity contribution in [3.8, 4) is 5.69 Å². The molecular formula is C11H8BrN7S. The predicted molar refractivity (Wildman–Crippen MR) is 77.4 cm³/mol. The smallest absolute Gasteiger partial charge is 0.221 e. The van der Waals surface area contributed by atoms with Gasteiger partial charge >= 0.3 is 0 Å². The highest BCUT2D eigenvalue weighted by Crippen LogP contribution is 2.31. The van der Waals surface area contributed by atoms with Gasteiger partial charge in [-0.05, 0) is 50.3 Å². The average molecular weight is 350 g/mol. The molecule has 0 spiro atoms. The van der Waals surface area contributed by atoms with Crippen molar-refractivity contribution in [1.82, 2.24) is 30.2 Å². The van der Waals surface area contributed by atoms with Crippen LogP contribution in [-0.2, 0) is 0 Å². The van der Waals surface area contributed by atoms with E-state index in [1.54, 1.807) is 10.9 Å². The highest BCUT2D eigenvalue weighted by molar-refractivity contribution is 9.10. The van der Waals surface area contributed by atoms with Gasteiger partial charge in [0.25, 0.3) is 0 Å². The van der Waals surface area contributed by atoms with E-state index in [2.05, 4.69) is 41.4 Å². The first kappa shape index (κ1) is 13.0. The van der Waals surface area contributed by atoms with E-state index >= 15 is 0 Å². The molecule has 0 aliphatic heterocycles. The number of tetrazole rings is 1. The summed E-state index contributed by atoms with van der Waals surface area (Å²) >= 11 is 4.68. The molecule has 2 N–H and O–H groups in total. The monoisotopic (exact) mass is 349 g/mol. The Morgan fingerprint density at radius 2 is 2.00 bits per heavy atom. The Hall–Kier alpha value is -2.00. The lowest BCUT2D eigenvalue weighted by Gasteiger charge is -2.04. The van der Waals surface area contributed by atoms with E-state index in [0.717, 1.165) is 10.2 Å². The summed E-state index contributed by atoms with van der Waals surface area (Å²) in [6.07, 6.45) is 1.60. The number of aromatic nitrogens is 6. The standard InChI is InChI=1S/C11H8BrN7S/c12-8-6-14-10(13)15-9(8)20-11-16-17-18-19(11)7-4-2-1-3-5-7/h1-6H,(H2,13,14,15). The molecule has 2 heterocycles. The summed E-state index contributed by atoms with van der Waals surface area (Å²) in [5.74, 6) is 0.203. The van der Waals surface area contributed by atoms with Gasteiger partial charge in [0.15, 0.2) is 0 Å². The maximum atomic E-state index is 5.59. The number of benzene rings is 1. The summed E-state index contributed by atoms with van der Waals surface area (Å²) < 4.78 is 2.37. The van der Waals surface area contributed by atoms with E-state index in [1.807, 2.05) is 30.3 Å². The molecule has 7 nitrogen and oxygen atoms in total. The zero-order valence-corrected chi connectivity index (χ0v) is 12.4. The normalized spacial score (nSPS) is 10.7. The van der Waals surface area contributed by atoms with Crippen molar-refractivity contribution in [3.05, 3.63) is 41.0 Å². The number of nitrogens with two attached hydrogens (primary N) is 1. The van der Waals surface area contributed by atoms with E-state index < -0.39 is 0 Å². The zero-order valence-electron chi connectivity index (χ0n) is 10.0. The fourth-order valence-electron chi connectivity index (χ4n) is 1.50. The van der Waals surface area contributed by atoms with Crippen molar-refractivity contribution >= 4 is 33.6 Å². The lowest BCUT2D eigenvalue weighted by molar-refractivity contribution is 0.755. The molecule has 0 bridgehead atoms. The molecule has 0 amide bonds. The molecule has 0 atom stereocenters. The van der Waals surface area contributed by atoms with Crippen LogP contribution in [0.3, 0.4) is 0 Å². The number of hydrogen-bond acceptors (Lipinski definition) is 7. The first-order valence-corrected chi connectivity index (χ1v) is 7.14. The van der Waals surface area contributed by atoms with Crippen molar-refractivity contribution in [2.24, 2.45) is 0 Å². The Kier molecular flexibility index (Phi) is 3.61. The molecule has 3 rings (SSSR count). The topological polar surface area (TPSA) is 95.4 Å². The van der Waals surface area contributed by atoms with Crippen LogP contribution in [0.25, 0.3) is 5.69 Å². The first-order valence-electron chi connectivity index (χ1n) is 5.54. The van der Waals surface area contributed by atoms with Gasteiger partial charge < -0.3 is 5.73 Å². The Morgan fingerprint density at radius 3 is 2.80 bits per heavy atom. The number of nitrogen functional groups attached to an aromatic ring is 1. The van der Waals surface area contributed by atoms with Gasteiger partial charge in [0, 0.05) is 6.20 Å². The van der Waals surface area contributed by atoms with Crippen LogP contribution in [0.5, 0.6) is 0 Å². The third-order valence-electron chi connectivity index (χ3n) is 2.36. The van der Waals surface area contributed by atoms with Crippen LogP contribution in [-0.4, -0.2) is 30.2 Å². The maximum absolute atomic E-state index is 5.59. The van der Waals surface area contributed by atoms with E-state index in [0.29, 0.717) is 10.2 Å². The Balaban J connectivity index is 1.97. The third-order valence-corrected chi connectivity index (χ3v) is 4.14. The van der Waals surface area contributed by atoms with E-state index in [1.165, 1.54) is 11.8 Å². The minimum atomic E-state index is 0.203. The predicted octanol–water partition coefficient (Wildman–Crippen LogP) is 1.95. The second kappa shape index (κ2) is 5.55. The van der Waals surface area contributed by atoms with Crippen molar-refractivity contribution in [2.45, 2.75) is 10.2 Å². The molecule has 2 aromatic heterocycles. The minimum absolute atomic E-state index is 0.203. The van der Waals surface area contributed by atoms with Crippen molar-refractivity contribution in [3.63, 3.8) is 0 Å². The molecule has 0 unspecified atom stereocenters. The van der Waals surface area contributed by atoms with Gasteiger partial charge in [-0.1, -0.05) is 18.2 Å². The second-order valence-corrected chi connectivity index (χ2v) is 5.50. The van der Waals surface area contributed by atoms with Crippen LogP contribution in [0.4, 0.5) is 5.95 Å². The van der Waals surface area contributed by atoms with Crippen LogP contribution in [0.1, 0.15) is 0 Å². The quantitative estimate of drug-likeness (QED) is 0.721. The van der Waals surface area contributed by atoms with Gasteiger partial charge in [-0.25, -0.2) is 9.97 Å². The van der Waals surface area contributed by atoms with Crippen LogP contribution < -0.4 is 5.73 Å². The average Bonchev–Trinajstić information content (AvgIpc) is 2.92. The number of rotatable bonds is 3. The summed E-state index contributed by atoms with van der Waals surface area (Å²) in [6.45, 7) is 0. The first-order chi connectivity index (χ1) is 9.74. The van der Waals surface area contributed by atoms with Crippen LogP contribution in [0, 0.1) is 0 Å². The van der Waals surface area contributed by atoms with Gasteiger partial charge in [-0.15, -0.1) is 5.10 Å². The molecule has 3 aromatic rings. The van der Waals surface area contributed by atoms with Crippen LogP contribution >= 0.6 is 27.7 Å². The molecule has 0 aliphatic rings. The van der Waals surface area contributed by atoms with Gasteiger partial charge in [0.05, 0.1) is 10.2 Å². The number of hydrogen-bond donors (Lipinski definition) is 1. The van der Waals surface area contributed by atoms with Crippen molar-refractivity contribution in [1.29, 1.82) is 0 Å². The third kappa shape index (κ3) is 2.63. The molecule has 0 saturated carbocycles. The lowest BCUT2D eigenvalue weighted by Crippen LogP contribution is -2.00. The second-order valence-electron chi connectivity index (χ2n) is 3.69. The van der Waals surface area contributed by atoms with Crippen LogP contribution in [0.15, 0.2) is 51.2 Å². The molecule has 0 fully saturated rings. The van der Waals surface area contributed by atoms with Crippen molar-refractivity contribution in [2.75, 3.05) is 5.73 Å². The Morgan fingerprint density at radius 1 is 1.20 bits per heavy atom. The molecule has 9 heteroatoms. The fraction of sp³-hybridized carbons (Fsp3) is 0. The summed E-state index contributed by atoms with van der Waals surface area (Å²) in [7, 11) is 0. The maximum Gasteiger partial charge on any atom is 0.221 e. The molecule has 100 valence electrons. The minimum Gasteiger partial charge on any atom is -0.368 e. The summed E-state index contributed by atoms with van der Waals surface area (Å²) in [5, 5.41) is 12.9. The lowest BCUT2D eigenvalue weighted by atomic mass is 10.3. The number of halogens is 1. The number of nitrogens with zero attached hydrogens (tertiary/aromatic N) is 6. The fourth-order valence-corrected chi connectivity index (χ4v) is 2.70. The van der Waals surface area contributed by atoms with E-state index in [-0.39, 0.29) is 5.95 Å². The molecule has 20 heavy (non-hydrogen) atoms. The molecule has 1 aromatic carbocycles. The number of anilines is 1. The highest BCUT2D eigenvalue weighted by atomic mass is 79.9. The van der Waals surface area contributed by atoms with E-state index in [4.69, 9.17) is 5.73 Å². The largest absolute Gasteiger partial charge is 0.368 e. The molecule has 0 saturated heterocycles. The van der Waals surface area contributed by atoms with E-state index in [9.17, 15) is 0 Å². The van der Waals surface area contributed by atoms with Gasteiger partial charge in [-0.3, -0.25) is 0 Å².